The Hall–Kier alpha value is -3.80. The van der Waals surface area contributed by atoms with Gasteiger partial charge in [-0.15, -0.1) is 0 Å². The van der Waals surface area contributed by atoms with Crippen LogP contribution in [0, 0.1) is 0 Å². The highest BCUT2D eigenvalue weighted by atomic mass is 16.5. The predicted octanol–water partition coefficient (Wildman–Crippen LogP) is 4.83. The van der Waals surface area contributed by atoms with Crippen molar-refractivity contribution in [1.82, 2.24) is 5.43 Å². The number of nitrogens with one attached hydrogen (secondary N) is 1. The van der Waals surface area contributed by atoms with Crippen LogP contribution in [-0.2, 0) is 6.61 Å². The summed E-state index contributed by atoms with van der Waals surface area (Å²) in [4.78, 5) is 12.5. The molecule has 3 aromatic carbocycles. The summed E-state index contributed by atoms with van der Waals surface area (Å²) in [5.41, 5.74) is 4.84. The second-order valence-corrected chi connectivity index (χ2v) is 6.57. The Morgan fingerprint density at radius 1 is 0.871 bits per heavy atom. The summed E-state index contributed by atoms with van der Waals surface area (Å²) in [7, 11) is 0. The van der Waals surface area contributed by atoms with Crippen LogP contribution < -0.4 is 19.6 Å². The van der Waals surface area contributed by atoms with Gasteiger partial charge in [-0.3, -0.25) is 4.79 Å². The highest BCUT2D eigenvalue weighted by molar-refractivity contribution is 5.95. The third-order valence-corrected chi connectivity index (χ3v) is 4.29. The van der Waals surface area contributed by atoms with E-state index in [-0.39, 0.29) is 5.91 Å². The number of carbonyl (C=O) groups excluding carboxylic acids is 1. The van der Waals surface area contributed by atoms with Crippen molar-refractivity contribution in [3.8, 4) is 17.2 Å². The molecular weight excluding hydrogens is 392 g/mol. The maximum absolute atomic E-state index is 12.5. The number of benzene rings is 3. The van der Waals surface area contributed by atoms with Crippen molar-refractivity contribution in [3.05, 3.63) is 89.5 Å². The molecule has 3 aromatic rings. The molecule has 160 valence electrons. The summed E-state index contributed by atoms with van der Waals surface area (Å²) in [6, 6.07) is 22.4. The maximum atomic E-state index is 12.5. The molecule has 0 unspecified atom stereocenters. The van der Waals surface area contributed by atoms with Gasteiger partial charge in [-0.25, -0.2) is 5.43 Å². The van der Waals surface area contributed by atoms with Crippen molar-refractivity contribution in [2.75, 3.05) is 13.2 Å². The molecule has 6 heteroatoms. The van der Waals surface area contributed by atoms with E-state index in [4.69, 9.17) is 14.2 Å². The first-order valence-electron chi connectivity index (χ1n) is 10.2. The fraction of sp³-hybridized carbons (Fsp3) is 0.200. The van der Waals surface area contributed by atoms with Gasteiger partial charge in [0.15, 0.2) is 11.5 Å². The largest absolute Gasteiger partial charge is 0.494 e. The lowest BCUT2D eigenvalue weighted by Gasteiger charge is -2.13. The molecule has 0 aliphatic carbocycles. The van der Waals surface area contributed by atoms with Crippen LogP contribution >= 0.6 is 0 Å². The number of hydrazone groups is 1. The Bertz CT molecular complexity index is 1020. The zero-order valence-corrected chi connectivity index (χ0v) is 17.7. The zero-order chi connectivity index (χ0) is 21.9. The maximum Gasteiger partial charge on any atom is 0.271 e. The van der Waals surface area contributed by atoms with Gasteiger partial charge in [0, 0.05) is 5.56 Å². The second kappa shape index (κ2) is 11.4. The Morgan fingerprint density at radius 3 is 2.45 bits per heavy atom. The number of rotatable bonds is 10. The van der Waals surface area contributed by atoms with Crippen LogP contribution in [0.1, 0.15) is 35.3 Å². The minimum atomic E-state index is -0.340. The van der Waals surface area contributed by atoms with Gasteiger partial charge in [-0.2, -0.15) is 5.10 Å². The monoisotopic (exact) mass is 418 g/mol. The van der Waals surface area contributed by atoms with Crippen LogP contribution in [0.15, 0.2) is 77.9 Å². The molecule has 0 spiro atoms. The number of carbonyl (C=O) groups is 1. The molecule has 1 N–H and O–H groups in total. The number of hydrogen-bond acceptors (Lipinski definition) is 5. The smallest absolute Gasteiger partial charge is 0.271 e. The fourth-order valence-electron chi connectivity index (χ4n) is 2.85. The summed E-state index contributed by atoms with van der Waals surface area (Å²) in [6.45, 7) is 5.27. The Kier molecular flexibility index (Phi) is 8.05. The van der Waals surface area contributed by atoms with E-state index in [1.807, 2.05) is 68.4 Å². The first-order valence-corrected chi connectivity index (χ1v) is 10.2. The topological polar surface area (TPSA) is 69.2 Å². The van der Waals surface area contributed by atoms with Crippen molar-refractivity contribution in [2.24, 2.45) is 5.10 Å². The first-order chi connectivity index (χ1) is 15.2. The molecule has 0 aliphatic rings. The van der Waals surface area contributed by atoms with Crippen molar-refractivity contribution in [1.29, 1.82) is 0 Å². The van der Waals surface area contributed by atoms with Gasteiger partial charge in [-0.05, 0) is 55.3 Å². The summed E-state index contributed by atoms with van der Waals surface area (Å²) in [5.74, 6) is 1.51. The average Bonchev–Trinajstić information content (AvgIpc) is 2.79. The molecule has 3 rings (SSSR count). The van der Waals surface area contributed by atoms with Crippen LogP contribution in [0.2, 0.25) is 0 Å². The lowest BCUT2D eigenvalue weighted by atomic mass is 10.2. The number of ether oxygens (including phenoxy) is 3. The molecule has 0 atom stereocenters. The predicted molar refractivity (Wildman–Crippen MR) is 121 cm³/mol. The normalized spacial score (nSPS) is 10.6. The summed E-state index contributed by atoms with van der Waals surface area (Å²) < 4.78 is 17.0. The number of amides is 1. The van der Waals surface area contributed by atoms with Crippen molar-refractivity contribution >= 4 is 12.1 Å². The van der Waals surface area contributed by atoms with Gasteiger partial charge in [-0.1, -0.05) is 42.5 Å². The van der Waals surface area contributed by atoms with E-state index in [9.17, 15) is 4.79 Å². The fourth-order valence-corrected chi connectivity index (χ4v) is 2.85. The summed E-state index contributed by atoms with van der Waals surface area (Å²) in [6.07, 6.45) is 1.57. The third-order valence-electron chi connectivity index (χ3n) is 4.29. The minimum Gasteiger partial charge on any atom is -0.494 e. The quantitative estimate of drug-likeness (QED) is 0.378. The second-order valence-electron chi connectivity index (χ2n) is 6.57. The first kappa shape index (κ1) is 21.9. The van der Waals surface area contributed by atoms with E-state index >= 15 is 0 Å². The molecule has 31 heavy (non-hydrogen) atoms. The molecule has 1 amide bonds. The highest BCUT2D eigenvalue weighted by Crippen LogP contribution is 2.29. The van der Waals surface area contributed by atoms with Gasteiger partial charge in [0.1, 0.15) is 12.4 Å². The Labute approximate surface area is 182 Å². The molecule has 0 radical (unpaired) electrons. The summed E-state index contributed by atoms with van der Waals surface area (Å²) in [5, 5.41) is 4.04. The molecule has 0 aromatic heterocycles. The van der Waals surface area contributed by atoms with Gasteiger partial charge in [0.25, 0.3) is 5.91 Å². The number of hydrogen-bond donors (Lipinski definition) is 1. The Morgan fingerprint density at radius 2 is 1.68 bits per heavy atom. The van der Waals surface area contributed by atoms with Crippen LogP contribution in [0.3, 0.4) is 0 Å². The molecule has 0 saturated carbocycles. The number of nitrogens with zero attached hydrogens (tertiary/aromatic N) is 1. The molecule has 6 nitrogen and oxygen atoms in total. The third kappa shape index (κ3) is 6.60. The SMILES string of the molecule is CCOc1cccc(/C=N/NC(=O)c2ccc(OCc3ccccc3)c(OCC)c2)c1. The molecule has 0 fully saturated rings. The van der Waals surface area contributed by atoms with Gasteiger partial charge in [0.2, 0.25) is 0 Å². The van der Waals surface area contributed by atoms with Gasteiger partial charge < -0.3 is 14.2 Å². The molecular formula is C25H26N2O4. The van der Waals surface area contributed by atoms with Crippen LogP contribution in [0.5, 0.6) is 17.2 Å². The van der Waals surface area contributed by atoms with Crippen LogP contribution in [0.25, 0.3) is 0 Å². The standard InChI is InChI=1S/C25H26N2O4/c1-3-29-22-12-8-11-20(15-22)17-26-27-25(28)21-13-14-23(24(16-21)30-4-2)31-18-19-9-6-5-7-10-19/h5-17H,3-4,18H2,1-2H3,(H,27,28)/b26-17+. The van der Waals surface area contributed by atoms with E-state index in [1.54, 1.807) is 24.4 Å². The molecule has 0 aliphatic heterocycles. The zero-order valence-electron chi connectivity index (χ0n) is 17.7. The lowest BCUT2D eigenvalue weighted by Crippen LogP contribution is -2.17. The average molecular weight is 418 g/mol. The minimum absolute atomic E-state index is 0.340. The van der Waals surface area contributed by atoms with Crippen LogP contribution in [0.4, 0.5) is 0 Å². The van der Waals surface area contributed by atoms with E-state index in [2.05, 4.69) is 10.5 Å². The van der Waals surface area contributed by atoms with E-state index in [0.717, 1.165) is 16.9 Å². The van der Waals surface area contributed by atoms with Crippen LogP contribution in [-0.4, -0.2) is 25.3 Å². The van der Waals surface area contributed by atoms with Gasteiger partial charge in [0.05, 0.1) is 19.4 Å². The van der Waals surface area contributed by atoms with Crippen molar-refractivity contribution in [3.63, 3.8) is 0 Å². The Balaban J connectivity index is 1.65. The van der Waals surface area contributed by atoms with Crippen molar-refractivity contribution < 1.29 is 19.0 Å². The molecule has 0 heterocycles. The highest BCUT2D eigenvalue weighted by Gasteiger charge is 2.11. The van der Waals surface area contributed by atoms with Crippen molar-refractivity contribution in [2.45, 2.75) is 20.5 Å². The van der Waals surface area contributed by atoms with E-state index < -0.39 is 0 Å². The van der Waals surface area contributed by atoms with E-state index in [1.165, 1.54) is 0 Å². The molecule has 0 bridgehead atoms. The van der Waals surface area contributed by atoms with E-state index in [0.29, 0.717) is 36.9 Å². The molecule has 0 saturated heterocycles. The van der Waals surface area contributed by atoms with Gasteiger partial charge >= 0.3 is 0 Å². The lowest BCUT2D eigenvalue weighted by molar-refractivity contribution is 0.0954. The summed E-state index contributed by atoms with van der Waals surface area (Å²) >= 11 is 0.